The average Bonchev–Trinajstić information content (AvgIpc) is 2.41. The van der Waals surface area contributed by atoms with Gasteiger partial charge >= 0.3 is 0 Å². The van der Waals surface area contributed by atoms with Gasteiger partial charge in [-0.15, -0.1) is 0 Å². The summed E-state index contributed by atoms with van der Waals surface area (Å²) >= 11 is 0. The molecule has 4 heteroatoms. The van der Waals surface area contributed by atoms with Crippen molar-refractivity contribution in [2.45, 2.75) is 39.0 Å². The topological polar surface area (TPSA) is 47.7 Å². The van der Waals surface area contributed by atoms with Crippen molar-refractivity contribution < 1.29 is 9.47 Å². The molecule has 1 aliphatic rings. The highest BCUT2D eigenvalue weighted by Gasteiger charge is 2.26. The smallest absolute Gasteiger partial charge is 0.125 e. The van der Waals surface area contributed by atoms with Crippen LogP contribution in [0.15, 0.2) is 18.2 Å². The van der Waals surface area contributed by atoms with Gasteiger partial charge in [0.25, 0.3) is 0 Å². The van der Waals surface area contributed by atoms with E-state index in [0.29, 0.717) is 12.1 Å². The maximum absolute atomic E-state index is 5.80. The van der Waals surface area contributed by atoms with E-state index in [2.05, 4.69) is 24.8 Å². The molecule has 2 atom stereocenters. The predicted molar refractivity (Wildman–Crippen MR) is 77.3 cm³/mol. The molecule has 1 aromatic rings. The van der Waals surface area contributed by atoms with Gasteiger partial charge in [-0.05, 0) is 19.4 Å². The Bertz CT molecular complexity index is 423. The normalized spacial score (nSPS) is 24.4. The minimum absolute atomic E-state index is 0.294. The van der Waals surface area contributed by atoms with Gasteiger partial charge < -0.3 is 15.2 Å². The highest BCUT2D eigenvalue weighted by atomic mass is 16.5. The molecule has 0 aliphatic carbocycles. The predicted octanol–water partition coefficient (Wildman–Crippen LogP) is 2.28. The van der Waals surface area contributed by atoms with Crippen molar-refractivity contribution in [3.05, 3.63) is 23.8 Å². The van der Waals surface area contributed by atoms with E-state index in [0.717, 1.165) is 37.6 Å². The van der Waals surface area contributed by atoms with Crippen molar-refractivity contribution in [1.82, 2.24) is 4.90 Å². The maximum Gasteiger partial charge on any atom is 0.125 e. The van der Waals surface area contributed by atoms with Gasteiger partial charge in [0.15, 0.2) is 0 Å². The van der Waals surface area contributed by atoms with Crippen molar-refractivity contribution in [1.29, 1.82) is 0 Å². The largest absolute Gasteiger partial charge is 0.496 e. The Labute approximate surface area is 115 Å². The van der Waals surface area contributed by atoms with E-state index in [-0.39, 0.29) is 0 Å². The first kappa shape index (κ1) is 14.2. The van der Waals surface area contributed by atoms with Gasteiger partial charge in [-0.25, -0.2) is 0 Å². The Kier molecular flexibility index (Phi) is 4.66. The van der Waals surface area contributed by atoms with Crippen LogP contribution in [0.4, 0.5) is 5.69 Å². The molecule has 0 saturated carbocycles. The minimum atomic E-state index is 0.294. The average molecular weight is 264 g/mol. The molecule has 0 amide bonds. The van der Waals surface area contributed by atoms with Crippen molar-refractivity contribution in [2.75, 3.05) is 26.0 Å². The van der Waals surface area contributed by atoms with Crippen LogP contribution in [0.25, 0.3) is 0 Å². The summed E-state index contributed by atoms with van der Waals surface area (Å²) in [7, 11) is 1.69. The summed E-state index contributed by atoms with van der Waals surface area (Å²) < 4.78 is 11.2. The second kappa shape index (κ2) is 6.26. The van der Waals surface area contributed by atoms with Gasteiger partial charge in [-0.3, -0.25) is 4.90 Å². The Morgan fingerprint density at radius 1 is 1.47 bits per heavy atom. The van der Waals surface area contributed by atoms with Gasteiger partial charge in [0.2, 0.25) is 0 Å². The maximum atomic E-state index is 5.80. The first-order valence-corrected chi connectivity index (χ1v) is 6.92. The number of ether oxygens (including phenoxy) is 2. The summed E-state index contributed by atoms with van der Waals surface area (Å²) in [5.41, 5.74) is 7.72. The molecule has 2 N–H and O–H groups in total. The van der Waals surface area contributed by atoms with Gasteiger partial charge in [0.1, 0.15) is 5.75 Å². The van der Waals surface area contributed by atoms with Crippen LogP contribution in [0.5, 0.6) is 5.75 Å². The van der Waals surface area contributed by atoms with Gasteiger partial charge in [-0.2, -0.15) is 0 Å². The number of benzene rings is 1. The van der Waals surface area contributed by atoms with Crippen LogP contribution in [-0.2, 0) is 11.3 Å². The molecule has 2 unspecified atom stereocenters. The standard InChI is InChI=1S/C15H24N2O2/c1-4-14-10-19-11(2)8-17(14)9-12-5-6-13(16)7-15(12)18-3/h5-7,11,14H,4,8-10,16H2,1-3H3. The summed E-state index contributed by atoms with van der Waals surface area (Å²) in [6, 6.07) is 6.36. The monoisotopic (exact) mass is 264 g/mol. The van der Waals surface area contributed by atoms with Crippen LogP contribution >= 0.6 is 0 Å². The molecule has 0 bridgehead atoms. The zero-order valence-corrected chi connectivity index (χ0v) is 12.1. The van der Waals surface area contributed by atoms with Gasteiger partial charge in [-0.1, -0.05) is 13.0 Å². The molecule has 19 heavy (non-hydrogen) atoms. The molecule has 0 radical (unpaired) electrons. The summed E-state index contributed by atoms with van der Waals surface area (Å²) in [5.74, 6) is 0.869. The zero-order chi connectivity index (χ0) is 13.8. The fourth-order valence-corrected chi connectivity index (χ4v) is 2.59. The number of rotatable bonds is 4. The van der Waals surface area contributed by atoms with Gasteiger partial charge in [0.05, 0.1) is 19.8 Å². The fraction of sp³-hybridized carbons (Fsp3) is 0.600. The van der Waals surface area contributed by atoms with E-state index in [1.54, 1.807) is 7.11 Å². The van der Waals surface area contributed by atoms with Crippen molar-refractivity contribution in [3.8, 4) is 5.75 Å². The Morgan fingerprint density at radius 3 is 2.95 bits per heavy atom. The van der Waals surface area contributed by atoms with Crippen molar-refractivity contribution in [2.24, 2.45) is 0 Å². The SMILES string of the molecule is CCC1COC(C)CN1Cc1ccc(N)cc1OC. The quantitative estimate of drug-likeness (QED) is 0.848. The molecule has 1 saturated heterocycles. The number of nitrogens with zero attached hydrogens (tertiary/aromatic N) is 1. The molecule has 1 heterocycles. The third-order valence-electron chi connectivity index (χ3n) is 3.74. The van der Waals surface area contributed by atoms with Crippen LogP contribution in [0, 0.1) is 0 Å². The van der Waals surface area contributed by atoms with Crippen molar-refractivity contribution in [3.63, 3.8) is 0 Å². The number of hydrogen-bond acceptors (Lipinski definition) is 4. The number of morpholine rings is 1. The van der Waals surface area contributed by atoms with Gasteiger partial charge in [0, 0.05) is 36.4 Å². The molecule has 0 aromatic heterocycles. The lowest BCUT2D eigenvalue weighted by atomic mass is 10.1. The van der Waals surface area contributed by atoms with E-state index in [4.69, 9.17) is 15.2 Å². The lowest BCUT2D eigenvalue weighted by molar-refractivity contribution is -0.0593. The van der Waals surface area contributed by atoms with Crippen LogP contribution < -0.4 is 10.5 Å². The van der Waals surface area contributed by atoms with Crippen LogP contribution in [0.1, 0.15) is 25.8 Å². The minimum Gasteiger partial charge on any atom is -0.496 e. The van der Waals surface area contributed by atoms with Crippen LogP contribution in [0.2, 0.25) is 0 Å². The molecule has 2 rings (SSSR count). The van der Waals surface area contributed by atoms with Crippen molar-refractivity contribution >= 4 is 5.69 Å². The van der Waals surface area contributed by atoms with E-state index in [1.165, 1.54) is 5.56 Å². The first-order valence-electron chi connectivity index (χ1n) is 6.92. The molecular weight excluding hydrogens is 240 g/mol. The summed E-state index contributed by atoms with van der Waals surface area (Å²) in [5, 5.41) is 0. The Hall–Kier alpha value is -1.26. The number of methoxy groups -OCH3 is 1. The first-order chi connectivity index (χ1) is 9.13. The van der Waals surface area contributed by atoms with E-state index in [1.807, 2.05) is 12.1 Å². The second-order valence-electron chi connectivity index (χ2n) is 5.21. The lowest BCUT2D eigenvalue weighted by Crippen LogP contribution is -2.47. The van der Waals surface area contributed by atoms with Crippen LogP contribution in [0.3, 0.4) is 0 Å². The Morgan fingerprint density at radius 2 is 2.26 bits per heavy atom. The van der Waals surface area contributed by atoms with E-state index >= 15 is 0 Å². The number of hydrogen-bond donors (Lipinski definition) is 1. The molecule has 4 nitrogen and oxygen atoms in total. The summed E-state index contributed by atoms with van der Waals surface area (Å²) in [6.45, 7) is 6.99. The molecular formula is C15H24N2O2. The van der Waals surface area contributed by atoms with E-state index in [9.17, 15) is 0 Å². The second-order valence-corrected chi connectivity index (χ2v) is 5.21. The number of nitrogen functional groups attached to an aromatic ring is 1. The summed E-state index contributed by atoms with van der Waals surface area (Å²) in [4.78, 5) is 2.47. The number of nitrogens with two attached hydrogens (primary N) is 1. The zero-order valence-electron chi connectivity index (χ0n) is 12.1. The summed E-state index contributed by atoms with van der Waals surface area (Å²) in [6.07, 6.45) is 1.40. The number of anilines is 1. The molecule has 0 spiro atoms. The molecule has 1 fully saturated rings. The molecule has 106 valence electrons. The third-order valence-corrected chi connectivity index (χ3v) is 3.74. The van der Waals surface area contributed by atoms with E-state index < -0.39 is 0 Å². The lowest BCUT2D eigenvalue weighted by Gasteiger charge is -2.38. The molecule has 1 aromatic carbocycles. The highest BCUT2D eigenvalue weighted by molar-refractivity contribution is 5.48. The third kappa shape index (κ3) is 3.39. The molecule has 1 aliphatic heterocycles. The highest BCUT2D eigenvalue weighted by Crippen LogP contribution is 2.25. The fourth-order valence-electron chi connectivity index (χ4n) is 2.59. The van der Waals surface area contributed by atoms with Crippen LogP contribution in [-0.4, -0.2) is 37.3 Å². The Balaban J connectivity index is 2.14.